The SMILES string of the molecule is CN1CCN(c2c(N)ccc(Cl)c2Cl)CC1. The Morgan fingerprint density at radius 3 is 2.38 bits per heavy atom. The highest BCUT2D eigenvalue weighted by Gasteiger charge is 2.19. The van der Waals surface area contributed by atoms with Crippen molar-refractivity contribution in [2.24, 2.45) is 0 Å². The monoisotopic (exact) mass is 259 g/mol. The van der Waals surface area contributed by atoms with Gasteiger partial charge in [0.05, 0.1) is 21.4 Å². The van der Waals surface area contributed by atoms with Gasteiger partial charge < -0.3 is 15.5 Å². The fraction of sp³-hybridized carbons (Fsp3) is 0.455. The van der Waals surface area contributed by atoms with Crippen molar-refractivity contribution in [2.45, 2.75) is 0 Å². The van der Waals surface area contributed by atoms with Gasteiger partial charge in [-0.05, 0) is 19.2 Å². The zero-order valence-corrected chi connectivity index (χ0v) is 10.7. The number of piperazine rings is 1. The van der Waals surface area contributed by atoms with Crippen LogP contribution in [0.25, 0.3) is 0 Å². The molecule has 0 aliphatic carbocycles. The van der Waals surface area contributed by atoms with Gasteiger partial charge in [-0.1, -0.05) is 23.2 Å². The van der Waals surface area contributed by atoms with Crippen LogP contribution in [0.2, 0.25) is 10.0 Å². The third-order valence-electron chi connectivity index (χ3n) is 2.92. The summed E-state index contributed by atoms with van der Waals surface area (Å²) in [5.41, 5.74) is 7.53. The molecule has 1 aliphatic rings. The Morgan fingerprint density at radius 2 is 1.75 bits per heavy atom. The molecule has 1 aliphatic heterocycles. The second-order valence-corrected chi connectivity index (χ2v) is 4.87. The predicted molar refractivity (Wildman–Crippen MR) is 70.6 cm³/mol. The topological polar surface area (TPSA) is 32.5 Å². The number of anilines is 2. The van der Waals surface area contributed by atoms with Gasteiger partial charge in [0.15, 0.2) is 0 Å². The molecule has 88 valence electrons. The predicted octanol–water partition coefficient (Wildman–Crippen LogP) is 2.33. The van der Waals surface area contributed by atoms with Crippen LogP contribution in [-0.4, -0.2) is 38.1 Å². The summed E-state index contributed by atoms with van der Waals surface area (Å²) < 4.78 is 0. The van der Waals surface area contributed by atoms with Gasteiger partial charge in [-0.25, -0.2) is 0 Å². The summed E-state index contributed by atoms with van der Waals surface area (Å²) in [4.78, 5) is 4.48. The molecule has 1 fully saturated rings. The Balaban J connectivity index is 2.29. The van der Waals surface area contributed by atoms with Gasteiger partial charge in [0.2, 0.25) is 0 Å². The van der Waals surface area contributed by atoms with Crippen molar-refractivity contribution >= 4 is 34.6 Å². The van der Waals surface area contributed by atoms with Crippen molar-refractivity contribution in [3.8, 4) is 0 Å². The Kier molecular flexibility index (Phi) is 3.47. The standard InChI is InChI=1S/C11H15Cl2N3/c1-15-4-6-16(7-5-15)11-9(14)3-2-8(12)10(11)13/h2-3H,4-7,14H2,1H3. The van der Waals surface area contributed by atoms with Crippen molar-refractivity contribution < 1.29 is 0 Å². The van der Waals surface area contributed by atoms with Crippen molar-refractivity contribution in [2.75, 3.05) is 43.9 Å². The van der Waals surface area contributed by atoms with Crippen LogP contribution < -0.4 is 10.6 Å². The Morgan fingerprint density at radius 1 is 1.12 bits per heavy atom. The zero-order chi connectivity index (χ0) is 11.7. The number of hydrogen-bond donors (Lipinski definition) is 1. The van der Waals surface area contributed by atoms with E-state index in [2.05, 4.69) is 16.8 Å². The van der Waals surface area contributed by atoms with Crippen molar-refractivity contribution in [1.29, 1.82) is 0 Å². The molecule has 0 aromatic heterocycles. The van der Waals surface area contributed by atoms with Crippen LogP contribution >= 0.6 is 23.2 Å². The normalized spacial score (nSPS) is 17.8. The Bertz CT molecular complexity index is 387. The lowest BCUT2D eigenvalue weighted by Crippen LogP contribution is -2.44. The average molecular weight is 260 g/mol. The summed E-state index contributed by atoms with van der Waals surface area (Å²) in [6, 6.07) is 3.54. The lowest BCUT2D eigenvalue weighted by molar-refractivity contribution is 0.313. The van der Waals surface area contributed by atoms with E-state index in [9.17, 15) is 0 Å². The molecule has 0 amide bonds. The number of nitrogen functional groups attached to an aromatic ring is 1. The zero-order valence-electron chi connectivity index (χ0n) is 9.21. The third kappa shape index (κ3) is 2.21. The highest BCUT2D eigenvalue weighted by Crippen LogP contribution is 2.37. The molecule has 1 heterocycles. The molecule has 0 spiro atoms. The largest absolute Gasteiger partial charge is 0.397 e. The fourth-order valence-corrected chi connectivity index (χ4v) is 2.35. The van der Waals surface area contributed by atoms with Crippen LogP contribution in [0, 0.1) is 0 Å². The minimum atomic E-state index is 0.560. The van der Waals surface area contributed by atoms with E-state index < -0.39 is 0 Å². The highest BCUT2D eigenvalue weighted by molar-refractivity contribution is 6.44. The molecule has 1 aromatic carbocycles. The first-order valence-corrected chi connectivity index (χ1v) is 6.02. The number of benzene rings is 1. The number of nitrogens with two attached hydrogens (primary N) is 1. The average Bonchev–Trinajstić information content (AvgIpc) is 2.27. The maximum atomic E-state index is 6.20. The summed E-state index contributed by atoms with van der Waals surface area (Å²) in [6.07, 6.45) is 0. The van der Waals surface area contributed by atoms with Gasteiger partial charge in [-0.15, -0.1) is 0 Å². The Hall–Kier alpha value is -0.640. The second kappa shape index (κ2) is 4.70. The van der Waals surface area contributed by atoms with Gasteiger partial charge in [0.25, 0.3) is 0 Å². The van der Waals surface area contributed by atoms with Gasteiger partial charge in [-0.3, -0.25) is 0 Å². The number of likely N-dealkylation sites (N-methyl/N-ethyl adjacent to an activating group) is 1. The lowest BCUT2D eigenvalue weighted by atomic mass is 10.2. The minimum absolute atomic E-state index is 0.560. The molecular weight excluding hydrogens is 245 g/mol. The summed E-state index contributed by atoms with van der Waals surface area (Å²) in [6.45, 7) is 3.89. The van der Waals surface area contributed by atoms with Crippen molar-refractivity contribution in [1.82, 2.24) is 4.90 Å². The van der Waals surface area contributed by atoms with Gasteiger partial charge in [-0.2, -0.15) is 0 Å². The van der Waals surface area contributed by atoms with Crippen LogP contribution in [0.15, 0.2) is 12.1 Å². The van der Waals surface area contributed by atoms with Gasteiger partial charge in [0.1, 0.15) is 0 Å². The van der Waals surface area contributed by atoms with Crippen LogP contribution in [-0.2, 0) is 0 Å². The molecule has 2 N–H and O–H groups in total. The van der Waals surface area contributed by atoms with E-state index in [4.69, 9.17) is 28.9 Å². The summed E-state index contributed by atoms with van der Waals surface area (Å²) >= 11 is 12.2. The number of rotatable bonds is 1. The van der Waals surface area contributed by atoms with Crippen molar-refractivity contribution in [3.63, 3.8) is 0 Å². The first-order valence-electron chi connectivity index (χ1n) is 5.26. The number of halogens is 2. The molecule has 5 heteroatoms. The molecule has 0 atom stereocenters. The van der Waals surface area contributed by atoms with Crippen LogP contribution in [0.1, 0.15) is 0 Å². The molecular formula is C11H15Cl2N3. The van der Waals surface area contributed by atoms with Crippen LogP contribution in [0.5, 0.6) is 0 Å². The van der Waals surface area contributed by atoms with Gasteiger partial charge >= 0.3 is 0 Å². The number of nitrogens with zero attached hydrogens (tertiary/aromatic N) is 2. The summed E-state index contributed by atoms with van der Waals surface area (Å²) in [7, 11) is 2.11. The van der Waals surface area contributed by atoms with Gasteiger partial charge in [0, 0.05) is 26.2 Å². The molecule has 1 saturated heterocycles. The van der Waals surface area contributed by atoms with E-state index in [0.717, 1.165) is 31.9 Å². The van der Waals surface area contributed by atoms with Crippen LogP contribution in [0.3, 0.4) is 0 Å². The molecule has 0 unspecified atom stereocenters. The summed E-state index contributed by atoms with van der Waals surface area (Å²) in [5.74, 6) is 0. The fourth-order valence-electron chi connectivity index (χ4n) is 1.91. The maximum absolute atomic E-state index is 6.20. The second-order valence-electron chi connectivity index (χ2n) is 4.09. The highest BCUT2D eigenvalue weighted by atomic mass is 35.5. The van der Waals surface area contributed by atoms with E-state index in [1.54, 1.807) is 6.07 Å². The number of hydrogen-bond acceptors (Lipinski definition) is 3. The molecule has 0 bridgehead atoms. The smallest absolute Gasteiger partial charge is 0.0846 e. The maximum Gasteiger partial charge on any atom is 0.0846 e. The molecule has 3 nitrogen and oxygen atoms in total. The first-order chi connectivity index (χ1) is 7.59. The summed E-state index contributed by atoms with van der Waals surface area (Å²) in [5, 5.41) is 1.12. The molecule has 2 rings (SSSR count). The first kappa shape index (κ1) is 11.8. The third-order valence-corrected chi connectivity index (χ3v) is 3.71. The van der Waals surface area contributed by atoms with E-state index in [1.165, 1.54) is 0 Å². The van der Waals surface area contributed by atoms with Crippen molar-refractivity contribution in [3.05, 3.63) is 22.2 Å². The quantitative estimate of drug-likeness (QED) is 0.786. The van der Waals surface area contributed by atoms with E-state index >= 15 is 0 Å². The molecule has 16 heavy (non-hydrogen) atoms. The van der Waals surface area contributed by atoms with E-state index in [0.29, 0.717) is 15.7 Å². The molecule has 0 saturated carbocycles. The van der Waals surface area contributed by atoms with E-state index in [1.807, 2.05) is 6.07 Å². The molecule has 0 radical (unpaired) electrons. The van der Waals surface area contributed by atoms with E-state index in [-0.39, 0.29) is 0 Å². The minimum Gasteiger partial charge on any atom is -0.397 e. The molecule has 1 aromatic rings. The Labute approximate surface area is 106 Å². The van der Waals surface area contributed by atoms with Crippen LogP contribution in [0.4, 0.5) is 11.4 Å². The lowest BCUT2D eigenvalue weighted by Gasteiger charge is -2.35.